The number of unbranched alkanes of at least 4 members (excludes halogenated alkanes) is 34. The molecule has 1 atom stereocenters. The van der Waals surface area contributed by atoms with Crippen LogP contribution in [-0.4, -0.2) is 37.2 Å². The summed E-state index contributed by atoms with van der Waals surface area (Å²) in [5.41, 5.74) is 0. The van der Waals surface area contributed by atoms with Gasteiger partial charge in [0.15, 0.2) is 6.10 Å². The molecule has 0 aliphatic heterocycles. The van der Waals surface area contributed by atoms with Crippen LogP contribution < -0.4 is 0 Å². The Morgan fingerprint density at radius 2 is 0.524 bits per heavy atom. The Labute approximate surface area is 508 Å². The largest absolute Gasteiger partial charge is 0.462 e. The van der Waals surface area contributed by atoms with Gasteiger partial charge < -0.3 is 14.2 Å². The van der Waals surface area contributed by atoms with Gasteiger partial charge in [0.2, 0.25) is 0 Å². The van der Waals surface area contributed by atoms with Gasteiger partial charge in [-0.3, -0.25) is 14.4 Å². The normalized spacial score (nSPS) is 12.8. The monoisotopic (exact) mass is 1140 g/mol. The Bertz CT molecular complexity index is 1640. The average molecular weight is 1140 g/mol. The lowest BCUT2D eigenvalue weighted by Gasteiger charge is -2.18. The van der Waals surface area contributed by atoms with Crippen molar-refractivity contribution >= 4 is 17.9 Å². The standard InChI is InChI=1S/C76H130O6/c1-4-7-10-13-16-19-22-24-26-28-30-31-32-33-34-35-36-37-38-39-40-41-42-43-44-45-47-48-50-52-54-57-60-63-66-69-75(78)81-72-73(71-80-74(77)68-65-62-59-56-21-18-15-12-9-6-3)82-76(79)70-67-64-61-58-55-53-51-49-46-29-27-25-23-20-17-14-11-8-5-2/h8,11-12,15,17,20,22,24-25,27-28,30,46,49,53,55,61,64,73H,4-7,9-10,13-14,16,18-19,21,23,26,29,31-45,47-48,50-52,54,56-60,62-63,65-72H2,1-3H3/b11-8-,15-12-,20-17-,24-22-,27-25-,30-28-,49-46-,55-53-,64-61-. The predicted octanol–water partition coefficient (Wildman–Crippen LogP) is 24.2. The Kier molecular flexibility index (Phi) is 66.2. The highest BCUT2D eigenvalue weighted by molar-refractivity contribution is 5.71. The lowest BCUT2D eigenvalue weighted by molar-refractivity contribution is -0.166. The molecule has 82 heavy (non-hydrogen) atoms. The van der Waals surface area contributed by atoms with Crippen molar-refractivity contribution in [3.63, 3.8) is 0 Å². The van der Waals surface area contributed by atoms with E-state index in [1.54, 1.807) is 0 Å². The quantitative estimate of drug-likeness (QED) is 0.0261. The summed E-state index contributed by atoms with van der Waals surface area (Å²) in [6.45, 7) is 6.41. The second-order valence-corrected chi connectivity index (χ2v) is 23.1. The molecule has 0 rings (SSSR count). The first kappa shape index (κ1) is 78.1. The summed E-state index contributed by atoms with van der Waals surface area (Å²) >= 11 is 0. The van der Waals surface area contributed by atoms with Crippen LogP contribution in [0.2, 0.25) is 0 Å². The summed E-state index contributed by atoms with van der Waals surface area (Å²) in [6.07, 6.45) is 95.9. The maximum atomic E-state index is 12.9. The summed E-state index contributed by atoms with van der Waals surface area (Å²) in [6, 6.07) is 0. The molecule has 0 aromatic heterocycles. The average Bonchev–Trinajstić information content (AvgIpc) is 3.48. The van der Waals surface area contributed by atoms with E-state index in [4.69, 9.17) is 14.2 Å². The molecule has 0 aliphatic rings. The minimum atomic E-state index is -0.822. The van der Waals surface area contributed by atoms with Crippen LogP contribution in [0.4, 0.5) is 0 Å². The van der Waals surface area contributed by atoms with E-state index >= 15 is 0 Å². The molecule has 6 nitrogen and oxygen atoms in total. The van der Waals surface area contributed by atoms with Crippen molar-refractivity contribution in [2.75, 3.05) is 13.2 Å². The summed E-state index contributed by atoms with van der Waals surface area (Å²) in [5, 5.41) is 0. The molecule has 0 saturated carbocycles. The SMILES string of the molecule is CC/C=C\C/C=C\C/C=C\C/C=C\C/C=C\C/C=C\CCC(=O)OC(COC(=O)CCCCCCC/C=C\CCC)COC(=O)CCCCCCCCCCCCCCCCCCCCCCCCC/C=C\C/C=C\CCCCCCC. The Morgan fingerprint density at radius 3 is 0.854 bits per heavy atom. The molecule has 0 saturated heterocycles. The lowest BCUT2D eigenvalue weighted by atomic mass is 10.0. The van der Waals surface area contributed by atoms with E-state index in [1.807, 2.05) is 6.08 Å². The van der Waals surface area contributed by atoms with E-state index in [2.05, 4.69) is 124 Å². The van der Waals surface area contributed by atoms with Crippen molar-refractivity contribution in [2.24, 2.45) is 0 Å². The number of carbonyl (C=O) groups excluding carboxylic acids is 3. The molecule has 0 aliphatic carbocycles. The van der Waals surface area contributed by atoms with Crippen LogP contribution in [0.25, 0.3) is 0 Å². The van der Waals surface area contributed by atoms with Crippen LogP contribution in [0.5, 0.6) is 0 Å². The second kappa shape index (κ2) is 69.6. The summed E-state index contributed by atoms with van der Waals surface area (Å²) in [7, 11) is 0. The number of rotatable bonds is 63. The van der Waals surface area contributed by atoms with E-state index < -0.39 is 12.1 Å². The molecule has 470 valence electrons. The first-order chi connectivity index (χ1) is 40.5. The third-order valence-corrected chi connectivity index (χ3v) is 15.0. The zero-order chi connectivity index (χ0) is 59.2. The van der Waals surface area contributed by atoms with Crippen molar-refractivity contribution in [1.82, 2.24) is 0 Å². The number of hydrogen-bond donors (Lipinski definition) is 0. The van der Waals surface area contributed by atoms with Crippen LogP contribution in [0, 0.1) is 0 Å². The highest BCUT2D eigenvalue weighted by Gasteiger charge is 2.19. The van der Waals surface area contributed by atoms with E-state index in [-0.39, 0.29) is 31.6 Å². The smallest absolute Gasteiger partial charge is 0.306 e. The van der Waals surface area contributed by atoms with Crippen molar-refractivity contribution in [1.29, 1.82) is 0 Å². The molecule has 0 radical (unpaired) electrons. The van der Waals surface area contributed by atoms with Gasteiger partial charge >= 0.3 is 17.9 Å². The molecule has 0 heterocycles. The van der Waals surface area contributed by atoms with Crippen molar-refractivity contribution < 1.29 is 28.6 Å². The lowest BCUT2D eigenvalue weighted by Crippen LogP contribution is -2.30. The fourth-order valence-corrected chi connectivity index (χ4v) is 9.80. The van der Waals surface area contributed by atoms with Gasteiger partial charge in [0.1, 0.15) is 13.2 Å². The van der Waals surface area contributed by atoms with Crippen LogP contribution >= 0.6 is 0 Å². The third-order valence-electron chi connectivity index (χ3n) is 15.0. The van der Waals surface area contributed by atoms with Gasteiger partial charge in [0.05, 0.1) is 0 Å². The topological polar surface area (TPSA) is 78.9 Å². The van der Waals surface area contributed by atoms with Gasteiger partial charge in [0, 0.05) is 19.3 Å². The van der Waals surface area contributed by atoms with E-state index in [0.29, 0.717) is 19.3 Å². The minimum absolute atomic E-state index is 0.109. The van der Waals surface area contributed by atoms with Crippen LogP contribution in [0.3, 0.4) is 0 Å². The summed E-state index contributed by atoms with van der Waals surface area (Å²) < 4.78 is 16.8. The fourth-order valence-electron chi connectivity index (χ4n) is 9.80. The predicted molar refractivity (Wildman–Crippen MR) is 357 cm³/mol. The Morgan fingerprint density at radius 1 is 0.256 bits per heavy atom. The number of allylic oxidation sites excluding steroid dienone is 18. The van der Waals surface area contributed by atoms with E-state index in [9.17, 15) is 14.4 Å². The zero-order valence-corrected chi connectivity index (χ0v) is 54.0. The van der Waals surface area contributed by atoms with Crippen LogP contribution in [0.1, 0.15) is 335 Å². The maximum Gasteiger partial charge on any atom is 0.306 e. The van der Waals surface area contributed by atoms with Gasteiger partial charge in [0.25, 0.3) is 0 Å². The molecule has 0 fully saturated rings. The van der Waals surface area contributed by atoms with Gasteiger partial charge in [-0.1, -0.05) is 316 Å². The molecule has 0 aromatic rings. The summed E-state index contributed by atoms with van der Waals surface area (Å²) in [5.74, 6) is -0.997. The molecular formula is C76H130O6. The first-order valence-electron chi connectivity index (χ1n) is 34.9. The van der Waals surface area contributed by atoms with Crippen LogP contribution in [0.15, 0.2) is 109 Å². The number of ether oxygens (including phenoxy) is 3. The maximum absolute atomic E-state index is 12.9. The molecule has 0 aromatic carbocycles. The van der Waals surface area contributed by atoms with Gasteiger partial charge in [-0.2, -0.15) is 0 Å². The minimum Gasteiger partial charge on any atom is -0.462 e. The zero-order valence-electron chi connectivity index (χ0n) is 54.0. The molecule has 0 bridgehead atoms. The third kappa shape index (κ3) is 66.9. The van der Waals surface area contributed by atoms with Crippen molar-refractivity contribution in [3.8, 4) is 0 Å². The first-order valence-corrected chi connectivity index (χ1v) is 34.9. The van der Waals surface area contributed by atoms with Crippen molar-refractivity contribution in [2.45, 2.75) is 341 Å². The molecule has 0 N–H and O–H groups in total. The Balaban J connectivity index is 4.13. The number of esters is 3. The number of carbonyl (C=O) groups is 3. The van der Waals surface area contributed by atoms with Gasteiger partial charge in [-0.05, 0) is 109 Å². The number of hydrogen-bond acceptors (Lipinski definition) is 6. The Hall–Kier alpha value is -3.93. The fraction of sp³-hybridized carbons (Fsp3) is 0.724. The second-order valence-electron chi connectivity index (χ2n) is 23.1. The highest BCUT2D eigenvalue weighted by atomic mass is 16.6. The molecular weight excluding hydrogens is 1010 g/mol. The molecule has 1 unspecified atom stereocenters. The van der Waals surface area contributed by atoms with E-state index in [0.717, 1.165) is 103 Å². The van der Waals surface area contributed by atoms with Crippen LogP contribution in [-0.2, 0) is 28.6 Å². The highest BCUT2D eigenvalue weighted by Crippen LogP contribution is 2.17. The van der Waals surface area contributed by atoms with Crippen molar-refractivity contribution in [3.05, 3.63) is 109 Å². The molecule has 6 heteroatoms. The van der Waals surface area contributed by atoms with E-state index in [1.165, 1.54) is 186 Å². The van der Waals surface area contributed by atoms with Gasteiger partial charge in [-0.15, -0.1) is 0 Å². The summed E-state index contributed by atoms with van der Waals surface area (Å²) in [4.78, 5) is 38.2. The van der Waals surface area contributed by atoms with Gasteiger partial charge in [-0.25, -0.2) is 0 Å². The molecule has 0 spiro atoms. The molecule has 0 amide bonds.